The molecule has 84 valence electrons. The molecule has 0 aliphatic carbocycles. The standard InChI is InChI=1S/C11H10FNO3/c1-16-10-3-2-7(6-8(10)12)13-5-4-9(14)11(13)15/h2-3,6H,4-5H2,1H3. The van der Waals surface area contributed by atoms with E-state index in [-0.39, 0.29) is 12.2 Å². The smallest absolute Gasteiger partial charge is 0.294 e. The topological polar surface area (TPSA) is 46.6 Å². The quantitative estimate of drug-likeness (QED) is 0.706. The fourth-order valence-corrected chi connectivity index (χ4v) is 1.64. The summed E-state index contributed by atoms with van der Waals surface area (Å²) < 4.78 is 18.1. The molecule has 1 fully saturated rings. The van der Waals surface area contributed by atoms with Gasteiger partial charge < -0.3 is 9.64 Å². The minimum Gasteiger partial charge on any atom is -0.494 e. The van der Waals surface area contributed by atoms with E-state index >= 15 is 0 Å². The van der Waals surface area contributed by atoms with Gasteiger partial charge in [-0.05, 0) is 12.1 Å². The number of nitrogens with zero attached hydrogens (tertiary/aromatic N) is 1. The highest BCUT2D eigenvalue weighted by Crippen LogP contribution is 2.25. The average molecular weight is 223 g/mol. The molecule has 1 amide bonds. The molecule has 5 heteroatoms. The SMILES string of the molecule is COc1ccc(N2CCC(=O)C2=O)cc1F. The lowest BCUT2D eigenvalue weighted by Gasteiger charge is -2.15. The Bertz CT molecular complexity index is 459. The number of hydrogen-bond donors (Lipinski definition) is 0. The minimum absolute atomic E-state index is 0.113. The van der Waals surface area contributed by atoms with Crippen molar-refractivity contribution in [1.29, 1.82) is 0 Å². The van der Waals surface area contributed by atoms with E-state index in [1.54, 1.807) is 6.07 Å². The third-order valence-electron chi connectivity index (χ3n) is 2.49. The third-order valence-corrected chi connectivity index (χ3v) is 2.49. The van der Waals surface area contributed by atoms with Crippen LogP contribution in [0.4, 0.5) is 10.1 Å². The summed E-state index contributed by atoms with van der Waals surface area (Å²) in [6, 6.07) is 4.18. The van der Waals surface area contributed by atoms with Gasteiger partial charge in [0, 0.05) is 24.7 Å². The molecule has 0 bridgehead atoms. The van der Waals surface area contributed by atoms with Gasteiger partial charge in [-0.1, -0.05) is 0 Å². The maximum atomic E-state index is 13.4. The van der Waals surface area contributed by atoms with E-state index in [4.69, 9.17) is 4.74 Å². The lowest BCUT2D eigenvalue weighted by atomic mass is 10.2. The maximum absolute atomic E-state index is 13.4. The monoisotopic (exact) mass is 223 g/mol. The van der Waals surface area contributed by atoms with Gasteiger partial charge in [-0.2, -0.15) is 0 Å². The molecule has 4 nitrogen and oxygen atoms in total. The fraction of sp³-hybridized carbons (Fsp3) is 0.273. The number of hydrogen-bond acceptors (Lipinski definition) is 3. The van der Waals surface area contributed by atoms with Crippen LogP contribution in [0.2, 0.25) is 0 Å². The highest BCUT2D eigenvalue weighted by atomic mass is 19.1. The number of carbonyl (C=O) groups is 2. The molecule has 0 atom stereocenters. The van der Waals surface area contributed by atoms with Crippen LogP contribution in [-0.2, 0) is 9.59 Å². The van der Waals surface area contributed by atoms with Gasteiger partial charge in [-0.15, -0.1) is 0 Å². The lowest BCUT2D eigenvalue weighted by Crippen LogP contribution is -2.26. The van der Waals surface area contributed by atoms with E-state index in [2.05, 4.69) is 0 Å². The number of ketones is 1. The van der Waals surface area contributed by atoms with Gasteiger partial charge in [-0.3, -0.25) is 9.59 Å². The predicted octanol–water partition coefficient (Wildman–Crippen LogP) is 1.14. The Morgan fingerprint density at radius 3 is 2.62 bits per heavy atom. The van der Waals surface area contributed by atoms with Crippen molar-refractivity contribution in [3.05, 3.63) is 24.0 Å². The van der Waals surface area contributed by atoms with E-state index in [1.807, 2.05) is 0 Å². The van der Waals surface area contributed by atoms with Crippen LogP contribution in [0.3, 0.4) is 0 Å². The first kappa shape index (κ1) is 10.6. The summed E-state index contributed by atoms with van der Waals surface area (Å²) in [4.78, 5) is 23.7. The molecular weight excluding hydrogens is 213 g/mol. The second kappa shape index (κ2) is 3.92. The Labute approximate surface area is 91.6 Å². The molecule has 0 aromatic heterocycles. The van der Waals surface area contributed by atoms with Crippen molar-refractivity contribution in [1.82, 2.24) is 0 Å². The summed E-state index contributed by atoms with van der Waals surface area (Å²) in [5.74, 6) is -1.45. The van der Waals surface area contributed by atoms with E-state index in [0.29, 0.717) is 12.2 Å². The van der Waals surface area contributed by atoms with E-state index in [9.17, 15) is 14.0 Å². The number of methoxy groups -OCH3 is 1. The number of Topliss-reactive ketones (excluding diaryl/α,β-unsaturated/α-hetero) is 1. The molecule has 1 aromatic carbocycles. The molecule has 2 rings (SSSR count). The summed E-state index contributed by atoms with van der Waals surface area (Å²) in [6.07, 6.45) is 0.187. The Morgan fingerprint density at radius 1 is 1.38 bits per heavy atom. The van der Waals surface area contributed by atoms with Gasteiger partial charge in [0.2, 0.25) is 5.78 Å². The first-order valence-electron chi connectivity index (χ1n) is 4.81. The van der Waals surface area contributed by atoms with Crippen LogP contribution in [0.25, 0.3) is 0 Å². The molecule has 1 aromatic rings. The van der Waals surface area contributed by atoms with Gasteiger partial charge in [0.25, 0.3) is 5.91 Å². The maximum Gasteiger partial charge on any atom is 0.294 e. The molecule has 0 radical (unpaired) electrons. The molecule has 16 heavy (non-hydrogen) atoms. The average Bonchev–Trinajstić information content (AvgIpc) is 2.60. The van der Waals surface area contributed by atoms with Crippen molar-refractivity contribution >= 4 is 17.4 Å². The number of carbonyl (C=O) groups excluding carboxylic acids is 2. The van der Waals surface area contributed by atoms with Crippen LogP contribution in [0, 0.1) is 5.82 Å². The number of rotatable bonds is 2. The summed E-state index contributed by atoms with van der Waals surface area (Å²) >= 11 is 0. The number of anilines is 1. The van der Waals surface area contributed by atoms with Crippen LogP contribution >= 0.6 is 0 Å². The molecular formula is C11H10FNO3. The number of amides is 1. The number of halogens is 1. The van der Waals surface area contributed by atoms with E-state index in [1.165, 1.54) is 24.1 Å². The van der Waals surface area contributed by atoms with Crippen LogP contribution in [-0.4, -0.2) is 25.3 Å². The summed E-state index contributed by atoms with van der Waals surface area (Å²) in [5, 5.41) is 0. The molecule has 1 aliphatic rings. The number of benzene rings is 1. The van der Waals surface area contributed by atoms with Crippen molar-refractivity contribution < 1.29 is 18.7 Å². The Kier molecular flexibility index (Phi) is 2.60. The molecule has 1 aliphatic heterocycles. The summed E-state index contributed by atoms with van der Waals surface area (Å²) in [7, 11) is 1.36. The van der Waals surface area contributed by atoms with Crippen LogP contribution in [0.5, 0.6) is 5.75 Å². The van der Waals surface area contributed by atoms with Gasteiger partial charge in [0.05, 0.1) is 7.11 Å². The summed E-state index contributed by atoms with van der Waals surface area (Å²) in [6.45, 7) is 0.309. The van der Waals surface area contributed by atoms with Crippen LogP contribution < -0.4 is 9.64 Å². The molecule has 1 saturated heterocycles. The molecule has 1 heterocycles. The van der Waals surface area contributed by atoms with Crippen LogP contribution in [0.1, 0.15) is 6.42 Å². The van der Waals surface area contributed by atoms with Gasteiger partial charge in [0.1, 0.15) is 0 Å². The predicted molar refractivity (Wildman–Crippen MR) is 54.9 cm³/mol. The second-order valence-electron chi connectivity index (χ2n) is 3.45. The van der Waals surface area contributed by atoms with E-state index in [0.717, 1.165) is 0 Å². The first-order chi connectivity index (χ1) is 7.63. The number of ether oxygens (including phenoxy) is 1. The minimum atomic E-state index is -0.579. The zero-order valence-corrected chi connectivity index (χ0v) is 8.70. The first-order valence-corrected chi connectivity index (χ1v) is 4.81. The normalized spacial score (nSPS) is 15.8. The molecule has 0 saturated carbocycles. The molecule has 0 spiro atoms. The fourth-order valence-electron chi connectivity index (χ4n) is 1.64. The Hall–Kier alpha value is -1.91. The van der Waals surface area contributed by atoms with Gasteiger partial charge in [0.15, 0.2) is 11.6 Å². The molecule has 0 unspecified atom stereocenters. The Balaban J connectivity index is 2.32. The van der Waals surface area contributed by atoms with Crippen molar-refractivity contribution in [2.75, 3.05) is 18.6 Å². The zero-order chi connectivity index (χ0) is 11.7. The third kappa shape index (κ3) is 1.64. The van der Waals surface area contributed by atoms with Gasteiger partial charge >= 0.3 is 0 Å². The molecule has 0 N–H and O–H groups in total. The van der Waals surface area contributed by atoms with Crippen molar-refractivity contribution in [2.24, 2.45) is 0 Å². The summed E-state index contributed by atoms with van der Waals surface area (Å²) in [5.41, 5.74) is 0.383. The van der Waals surface area contributed by atoms with Crippen LogP contribution in [0.15, 0.2) is 18.2 Å². The highest BCUT2D eigenvalue weighted by Gasteiger charge is 2.30. The largest absolute Gasteiger partial charge is 0.494 e. The van der Waals surface area contributed by atoms with Crippen molar-refractivity contribution in [3.63, 3.8) is 0 Å². The van der Waals surface area contributed by atoms with Crippen molar-refractivity contribution in [2.45, 2.75) is 6.42 Å². The lowest BCUT2D eigenvalue weighted by molar-refractivity contribution is -0.133. The van der Waals surface area contributed by atoms with Crippen molar-refractivity contribution in [3.8, 4) is 5.75 Å². The second-order valence-corrected chi connectivity index (χ2v) is 3.45. The van der Waals surface area contributed by atoms with E-state index < -0.39 is 17.5 Å². The Morgan fingerprint density at radius 2 is 2.12 bits per heavy atom. The van der Waals surface area contributed by atoms with Gasteiger partial charge in [-0.25, -0.2) is 4.39 Å². The highest BCUT2D eigenvalue weighted by molar-refractivity contribution is 6.43. The zero-order valence-electron chi connectivity index (χ0n) is 8.70.